The van der Waals surface area contributed by atoms with Crippen molar-refractivity contribution < 1.29 is 22.4 Å². The predicted octanol–water partition coefficient (Wildman–Crippen LogP) is 5.26. The summed E-state index contributed by atoms with van der Waals surface area (Å²) in [5.41, 5.74) is 3.19. The van der Waals surface area contributed by atoms with E-state index in [2.05, 4.69) is 18.0 Å². The van der Waals surface area contributed by atoms with Crippen molar-refractivity contribution in [3.63, 3.8) is 0 Å². The third-order valence-electron chi connectivity index (χ3n) is 6.07. The van der Waals surface area contributed by atoms with Crippen LogP contribution in [0.5, 0.6) is 0 Å². The van der Waals surface area contributed by atoms with Crippen LogP contribution in [-0.2, 0) is 17.4 Å². The molecule has 2 aromatic carbocycles. The van der Waals surface area contributed by atoms with Gasteiger partial charge in [-0.3, -0.25) is 4.79 Å². The Bertz CT molecular complexity index is 1130. The summed E-state index contributed by atoms with van der Waals surface area (Å²) in [6.07, 6.45) is -2.02. The topological polar surface area (TPSA) is 49.6 Å². The van der Waals surface area contributed by atoms with Crippen molar-refractivity contribution in [2.45, 2.75) is 32.9 Å². The number of amides is 1. The lowest BCUT2D eigenvalue weighted by molar-refractivity contribution is -0.137. The lowest BCUT2D eigenvalue weighted by atomic mass is 10.1. The molecule has 33 heavy (non-hydrogen) atoms. The Balaban J connectivity index is 1.29. The molecule has 0 spiro atoms. The van der Waals surface area contributed by atoms with Gasteiger partial charge < -0.3 is 14.2 Å². The molecule has 1 amide bonds. The van der Waals surface area contributed by atoms with E-state index in [1.165, 1.54) is 17.2 Å². The normalized spacial score (nSPS) is 14.6. The summed E-state index contributed by atoms with van der Waals surface area (Å²) in [6, 6.07) is 11.4. The van der Waals surface area contributed by atoms with E-state index in [0.717, 1.165) is 17.7 Å². The van der Waals surface area contributed by atoms with E-state index in [0.29, 0.717) is 49.9 Å². The maximum absolute atomic E-state index is 13.0. The summed E-state index contributed by atoms with van der Waals surface area (Å²) in [6.45, 7) is 6.01. The number of hydrogen-bond donors (Lipinski definition) is 0. The number of piperazine rings is 1. The maximum Gasteiger partial charge on any atom is 0.416 e. The van der Waals surface area contributed by atoms with E-state index in [1.54, 1.807) is 17.2 Å². The second-order valence-electron chi connectivity index (χ2n) is 8.33. The smallest absolute Gasteiger partial charge is 0.416 e. The molecule has 3 aromatic rings. The molecule has 0 aliphatic carbocycles. The monoisotopic (exact) mass is 457 g/mol. The van der Waals surface area contributed by atoms with Crippen LogP contribution in [0.25, 0.3) is 11.3 Å². The molecule has 1 aliphatic heterocycles. The number of rotatable bonds is 5. The molecule has 1 aromatic heterocycles. The van der Waals surface area contributed by atoms with Gasteiger partial charge >= 0.3 is 6.18 Å². The van der Waals surface area contributed by atoms with Crippen molar-refractivity contribution in [3.8, 4) is 11.3 Å². The van der Waals surface area contributed by atoms with Gasteiger partial charge in [-0.2, -0.15) is 13.2 Å². The summed E-state index contributed by atoms with van der Waals surface area (Å²) < 4.78 is 44.8. The molecule has 5 nitrogen and oxygen atoms in total. The maximum atomic E-state index is 13.0. The first-order valence-corrected chi connectivity index (χ1v) is 10.9. The third-order valence-corrected chi connectivity index (χ3v) is 6.07. The van der Waals surface area contributed by atoms with Gasteiger partial charge in [0, 0.05) is 50.3 Å². The van der Waals surface area contributed by atoms with Crippen LogP contribution in [-0.4, -0.2) is 42.0 Å². The molecule has 1 fully saturated rings. The minimum Gasteiger partial charge on any atom is -0.441 e. The minimum atomic E-state index is -4.37. The van der Waals surface area contributed by atoms with Gasteiger partial charge in [0.15, 0.2) is 11.7 Å². The number of anilines is 1. The molecule has 174 valence electrons. The number of nitrogens with zero attached hydrogens (tertiary/aromatic N) is 3. The van der Waals surface area contributed by atoms with Gasteiger partial charge in [0.25, 0.3) is 0 Å². The zero-order valence-electron chi connectivity index (χ0n) is 18.7. The first-order valence-electron chi connectivity index (χ1n) is 10.9. The van der Waals surface area contributed by atoms with Gasteiger partial charge in [-0.25, -0.2) is 4.98 Å². The third kappa shape index (κ3) is 5.38. The molecule has 0 radical (unpaired) electrons. The van der Waals surface area contributed by atoms with Crippen molar-refractivity contribution in [3.05, 3.63) is 71.2 Å². The molecule has 0 saturated carbocycles. The lowest BCUT2D eigenvalue weighted by Gasteiger charge is -2.36. The number of halogens is 3. The van der Waals surface area contributed by atoms with Crippen molar-refractivity contribution in [1.82, 2.24) is 9.88 Å². The summed E-state index contributed by atoms with van der Waals surface area (Å²) >= 11 is 0. The van der Waals surface area contributed by atoms with Gasteiger partial charge in [0.2, 0.25) is 5.91 Å². The van der Waals surface area contributed by atoms with Crippen LogP contribution >= 0.6 is 0 Å². The Morgan fingerprint density at radius 1 is 1.03 bits per heavy atom. The highest BCUT2D eigenvalue weighted by atomic mass is 19.4. The number of aryl methyl sites for hydroxylation is 3. The van der Waals surface area contributed by atoms with Crippen LogP contribution in [0.1, 0.15) is 29.0 Å². The van der Waals surface area contributed by atoms with Crippen LogP contribution in [0.3, 0.4) is 0 Å². The van der Waals surface area contributed by atoms with E-state index in [4.69, 9.17) is 4.42 Å². The van der Waals surface area contributed by atoms with Crippen LogP contribution in [0.4, 0.5) is 18.9 Å². The highest BCUT2D eigenvalue weighted by Gasteiger charge is 2.31. The zero-order valence-corrected chi connectivity index (χ0v) is 18.7. The van der Waals surface area contributed by atoms with E-state index in [-0.39, 0.29) is 12.3 Å². The summed E-state index contributed by atoms with van der Waals surface area (Å²) in [5.74, 6) is 1.18. The zero-order chi connectivity index (χ0) is 23.6. The standard InChI is InChI=1S/C25H26F3N3O2/c1-17-6-7-19(14-18(17)2)22-16-29-23(33-22)8-9-24(32)31-12-10-30(11-13-31)21-5-3-4-20(15-21)25(26,27)28/h3-7,14-16H,8-13H2,1-2H3. The number of hydrogen-bond acceptors (Lipinski definition) is 4. The molecule has 0 atom stereocenters. The first kappa shape index (κ1) is 22.9. The second-order valence-corrected chi connectivity index (χ2v) is 8.33. The fourth-order valence-electron chi connectivity index (χ4n) is 3.92. The number of carbonyl (C=O) groups excluding carboxylic acids is 1. The molecule has 0 unspecified atom stereocenters. The number of aromatic nitrogens is 1. The molecule has 0 bridgehead atoms. The number of oxazole rings is 1. The van der Waals surface area contributed by atoms with E-state index in [9.17, 15) is 18.0 Å². The van der Waals surface area contributed by atoms with E-state index in [1.807, 2.05) is 24.0 Å². The van der Waals surface area contributed by atoms with Crippen LogP contribution in [0, 0.1) is 13.8 Å². The molecule has 0 N–H and O–H groups in total. The minimum absolute atomic E-state index is 0.00961. The van der Waals surface area contributed by atoms with Gasteiger partial charge in [-0.1, -0.05) is 18.2 Å². The summed E-state index contributed by atoms with van der Waals surface area (Å²) in [7, 11) is 0. The quantitative estimate of drug-likeness (QED) is 0.525. The molecule has 1 aliphatic rings. The Labute approximate surface area is 190 Å². The van der Waals surface area contributed by atoms with Crippen LogP contribution < -0.4 is 4.90 Å². The predicted molar refractivity (Wildman–Crippen MR) is 120 cm³/mol. The molecule has 8 heteroatoms. The number of carbonyl (C=O) groups is 1. The summed E-state index contributed by atoms with van der Waals surface area (Å²) in [4.78, 5) is 20.6. The SMILES string of the molecule is Cc1ccc(-c2cnc(CCC(=O)N3CCN(c4cccc(C(F)(F)F)c4)CC3)o2)cc1C. The van der Waals surface area contributed by atoms with Gasteiger partial charge in [-0.05, 0) is 49.2 Å². The van der Waals surface area contributed by atoms with Crippen molar-refractivity contribution in [2.75, 3.05) is 31.1 Å². The second kappa shape index (κ2) is 9.29. The fraction of sp³-hybridized carbons (Fsp3) is 0.360. The average molecular weight is 457 g/mol. The van der Waals surface area contributed by atoms with Crippen LogP contribution in [0.2, 0.25) is 0 Å². The molecular formula is C25H26F3N3O2. The molecule has 4 rings (SSSR count). The molecular weight excluding hydrogens is 431 g/mol. The first-order chi connectivity index (χ1) is 15.7. The number of benzene rings is 2. The average Bonchev–Trinajstić information content (AvgIpc) is 3.28. The van der Waals surface area contributed by atoms with E-state index >= 15 is 0 Å². The van der Waals surface area contributed by atoms with Gasteiger partial charge in [-0.15, -0.1) is 0 Å². The largest absolute Gasteiger partial charge is 0.441 e. The molecule has 1 saturated heterocycles. The lowest BCUT2D eigenvalue weighted by Crippen LogP contribution is -2.48. The highest BCUT2D eigenvalue weighted by molar-refractivity contribution is 5.76. The van der Waals surface area contributed by atoms with Gasteiger partial charge in [0.1, 0.15) is 0 Å². The summed E-state index contributed by atoms with van der Waals surface area (Å²) in [5, 5.41) is 0. The number of alkyl halides is 3. The Morgan fingerprint density at radius 3 is 2.48 bits per heavy atom. The molecule has 2 heterocycles. The van der Waals surface area contributed by atoms with Gasteiger partial charge in [0.05, 0.1) is 11.8 Å². The fourth-order valence-corrected chi connectivity index (χ4v) is 3.92. The van der Waals surface area contributed by atoms with Crippen molar-refractivity contribution in [2.24, 2.45) is 0 Å². The highest BCUT2D eigenvalue weighted by Crippen LogP contribution is 2.32. The van der Waals surface area contributed by atoms with E-state index < -0.39 is 11.7 Å². The Hall–Kier alpha value is -3.29. The Kier molecular flexibility index (Phi) is 6.44. The van der Waals surface area contributed by atoms with Crippen molar-refractivity contribution >= 4 is 11.6 Å². The van der Waals surface area contributed by atoms with Crippen LogP contribution in [0.15, 0.2) is 53.1 Å². The van der Waals surface area contributed by atoms with Crippen molar-refractivity contribution in [1.29, 1.82) is 0 Å². The Morgan fingerprint density at radius 2 is 1.79 bits per heavy atom.